The second-order valence-corrected chi connectivity index (χ2v) is 11.2. The number of rotatable bonds is 5. The van der Waals surface area contributed by atoms with Crippen LogP contribution in [0.2, 0.25) is 0 Å². The zero-order valence-electron chi connectivity index (χ0n) is 19.6. The zero-order chi connectivity index (χ0) is 25.5. The Kier molecular flexibility index (Phi) is 6.98. The summed E-state index contributed by atoms with van der Waals surface area (Å²) < 4.78 is 85.1. The van der Waals surface area contributed by atoms with Gasteiger partial charge in [-0.2, -0.15) is 4.31 Å². The summed E-state index contributed by atoms with van der Waals surface area (Å²) in [7, 11) is -3.00. The van der Waals surface area contributed by atoms with Crippen molar-refractivity contribution in [3.8, 4) is 11.1 Å². The molecule has 1 amide bonds. The minimum absolute atomic E-state index is 0.0566. The van der Waals surface area contributed by atoms with Gasteiger partial charge in [-0.15, -0.1) is 0 Å². The van der Waals surface area contributed by atoms with E-state index in [2.05, 4.69) is 0 Å². The van der Waals surface area contributed by atoms with Gasteiger partial charge in [0, 0.05) is 43.6 Å². The fraction of sp³-hybridized carbons (Fsp3) is 0.480. The molecule has 0 aromatic heterocycles. The predicted molar refractivity (Wildman–Crippen MR) is 124 cm³/mol. The molecular formula is C25H28F4N2O3S. The second kappa shape index (κ2) is 9.54. The molecule has 2 aromatic rings. The Labute approximate surface area is 202 Å². The highest BCUT2D eigenvalue weighted by Gasteiger charge is 2.49. The number of likely N-dealkylation sites (N-methyl/N-ethyl adjacent to an activating group) is 1. The van der Waals surface area contributed by atoms with Gasteiger partial charge in [0.15, 0.2) is 0 Å². The van der Waals surface area contributed by atoms with Gasteiger partial charge in [0.05, 0.1) is 4.90 Å². The highest BCUT2D eigenvalue weighted by atomic mass is 32.2. The lowest BCUT2D eigenvalue weighted by Crippen LogP contribution is -2.53. The number of hydrogen-bond donors (Lipinski definition) is 0. The second-order valence-electron chi connectivity index (χ2n) is 9.38. The SMILES string of the molecule is Cc1ccc(S(=O)(=O)N2CC[C@H](F)[C@H]2C(=O)N(C)C2CCC(F)(F)CC2)c(-c2ccccc2F)c1. The molecule has 1 saturated carbocycles. The van der Waals surface area contributed by atoms with Gasteiger partial charge in [-0.25, -0.2) is 26.0 Å². The number of sulfonamides is 1. The maximum atomic E-state index is 15.0. The van der Waals surface area contributed by atoms with E-state index in [1.54, 1.807) is 25.1 Å². The van der Waals surface area contributed by atoms with E-state index in [1.165, 1.54) is 36.2 Å². The number of nitrogens with zero attached hydrogens (tertiary/aromatic N) is 2. The van der Waals surface area contributed by atoms with Crippen LogP contribution >= 0.6 is 0 Å². The number of carbonyl (C=O) groups excluding carboxylic acids is 1. The van der Waals surface area contributed by atoms with Gasteiger partial charge in [0.1, 0.15) is 18.0 Å². The highest BCUT2D eigenvalue weighted by Crippen LogP contribution is 2.38. The van der Waals surface area contributed by atoms with Crippen molar-refractivity contribution in [3.05, 3.63) is 53.8 Å². The Morgan fingerprint density at radius 2 is 1.71 bits per heavy atom. The molecule has 2 atom stereocenters. The Bertz CT molecular complexity index is 1210. The van der Waals surface area contributed by atoms with Crippen LogP contribution in [0.15, 0.2) is 47.4 Å². The maximum Gasteiger partial charge on any atom is 0.248 e. The topological polar surface area (TPSA) is 57.7 Å². The van der Waals surface area contributed by atoms with Gasteiger partial charge >= 0.3 is 0 Å². The third kappa shape index (κ3) is 4.95. The van der Waals surface area contributed by atoms with E-state index in [0.29, 0.717) is 5.56 Å². The average molecular weight is 513 g/mol. The smallest absolute Gasteiger partial charge is 0.248 e. The van der Waals surface area contributed by atoms with E-state index in [4.69, 9.17) is 0 Å². The van der Waals surface area contributed by atoms with Crippen molar-refractivity contribution in [1.29, 1.82) is 0 Å². The molecule has 35 heavy (non-hydrogen) atoms. The number of benzene rings is 2. The van der Waals surface area contributed by atoms with E-state index in [1.807, 2.05) is 0 Å². The summed E-state index contributed by atoms with van der Waals surface area (Å²) in [5.41, 5.74) is 0.904. The Morgan fingerprint density at radius 3 is 2.37 bits per heavy atom. The van der Waals surface area contributed by atoms with Crippen LogP contribution in [-0.2, 0) is 14.8 Å². The molecule has 0 bridgehead atoms. The van der Waals surface area contributed by atoms with Crippen LogP contribution in [0.4, 0.5) is 17.6 Å². The molecule has 0 radical (unpaired) electrons. The molecule has 0 spiro atoms. The molecule has 1 saturated heterocycles. The molecule has 10 heteroatoms. The van der Waals surface area contributed by atoms with Gasteiger partial charge in [0.2, 0.25) is 21.9 Å². The van der Waals surface area contributed by atoms with Crippen molar-refractivity contribution in [2.24, 2.45) is 0 Å². The number of halogens is 4. The Hall–Kier alpha value is -2.46. The normalized spacial score (nSPS) is 23.4. The lowest BCUT2D eigenvalue weighted by Gasteiger charge is -2.37. The van der Waals surface area contributed by atoms with Crippen LogP contribution in [-0.4, -0.2) is 61.3 Å². The predicted octanol–water partition coefficient (Wildman–Crippen LogP) is 4.94. The molecule has 4 rings (SSSR count). The quantitative estimate of drug-likeness (QED) is 0.534. The van der Waals surface area contributed by atoms with Crippen LogP contribution in [0.1, 0.15) is 37.7 Å². The molecule has 2 aromatic carbocycles. The highest BCUT2D eigenvalue weighted by molar-refractivity contribution is 7.89. The van der Waals surface area contributed by atoms with Crippen LogP contribution < -0.4 is 0 Å². The number of aryl methyl sites for hydroxylation is 1. The van der Waals surface area contributed by atoms with Crippen LogP contribution in [0, 0.1) is 12.7 Å². The van der Waals surface area contributed by atoms with Crippen molar-refractivity contribution >= 4 is 15.9 Å². The molecule has 5 nitrogen and oxygen atoms in total. The van der Waals surface area contributed by atoms with Crippen molar-refractivity contribution in [2.45, 2.75) is 68.1 Å². The lowest BCUT2D eigenvalue weighted by atomic mass is 9.91. The summed E-state index contributed by atoms with van der Waals surface area (Å²) in [6.07, 6.45) is -2.56. The summed E-state index contributed by atoms with van der Waals surface area (Å²) in [6.45, 7) is 1.52. The molecule has 1 aliphatic heterocycles. The van der Waals surface area contributed by atoms with Crippen molar-refractivity contribution in [3.63, 3.8) is 0 Å². The maximum absolute atomic E-state index is 15.0. The molecule has 1 aliphatic carbocycles. The van der Waals surface area contributed by atoms with Crippen molar-refractivity contribution < 1.29 is 30.8 Å². The Morgan fingerprint density at radius 1 is 1.06 bits per heavy atom. The first-order valence-electron chi connectivity index (χ1n) is 11.6. The molecule has 190 valence electrons. The number of hydrogen-bond acceptors (Lipinski definition) is 3. The van der Waals surface area contributed by atoms with Gasteiger partial charge in [0.25, 0.3) is 0 Å². The Balaban J connectivity index is 1.68. The minimum Gasteiger partial charge on any atom is -0.341 e. The summed E-state index contributed by atoms with van der Waals surface area (Å²) in [6, 6.07) is 8.06. The van der Waals surface area contributed by atoms with Gasteiger partial charge < -0.3 is 4.90 Å². The first-order chi connectivity index (χ1) is 16.4. The van der Waals surface area contributed by atoms with Crippen LogP contribution in [0.5, 0.6) is 0 Å². The van der Waals surface area contributed by atoms with E-state index in [-0.39, 0.29) is 54.7 Å². The lowest BCUT2D eigenvalue weighted by molar-refractivity contribution is -0.139. The monoisotopic (exact) mass is 512 g/mol. The summed E-state index contributed by atoms with van der Waals surface area (Å²) >= 11 is 0. The van der Waals surface area contributed by atoms with Crippen LogP contribution in [0.3, 0.4) is 0 Å². The molecule has 0 unspecified atom stereocenters. The number of alkyl halides is 3. The minimum atomic E-state index is -4.40. The molecule has 2 fully saturated rings. The summed E-state index contributed by atoms with van der Waals surface area (Å²) in [5, 5.41) is 0. The van der Waals surface area contributed by atoms with Crippen molar-refractivity contribution in [2.75, 3.05) is 13.6 Å². The molecule has 2 aliphatic rings. The molecule has 0 N–H and O–H groups in total. The van der Waals surface area contributed by atoms with E-state index in [9.17, 15) is 26.4 Å². The number of amides is 1. The van der Waals surface area contributed by atoms with E-state index >= 15 is 4.39 Å². The van der Waals surface area contributed by atoms with Gasteiger partial charge in [-0.05, 0) is 44.4 Å². The number of carbonyl (C=O) groups is 1. The van der Waals surface area contributed by atoms with Crippen molar-refractivity contribution in [1.82, 2.24) is 9.21 Å². The largest absolute Gasteiger partial charge is 0.341 e. The average Bonchev–Trinajstić information content (AvgIpc) is 3.20. The van der Waals surface area contributed by atoms with E-state index in [0.717, 1.165) is 4.31 Å². The third-order valence-electron chi connectivity index (χ3n) is 7.00. The van der Waals surface area contributed by atoms with Crippen LogP contribution in [0.25, 0.3) is 11.1 Å². The van der Waals surface area contributed by atoms with E-state index < -0.39 is 45.9 Å². The first kappa shape index (κ1) is 25.6. The summed E-state index contributed by atoms with van der Waals surface area (Å²) in [5.74, 6) is -4.16. The molecular weight excluding hydrogens is 484 g/mol. The fourth-order valence-electron chi connectivity index (χ4n) is 4.96. The molecule has 1 heterocycles. The van der Waals surface area contributed by atoms with Gasteiger partial charge in [-0.1, -0.05) is 29.8 Å². The fourth-order valence-corrected chi connectivity index (χ4v) is 6.77. The third-order valence-corrected chi connectivity index (χ3v) is 8.94. The standard InChI is InChI=1S/C25H28F4N2O3S/c1-16-7-8-22(19(15-16)18-5-3-4-6-20(18)26)35(33,34)31-14-11-21(27)23(31)24(32)30(2)17-9-12-25(28,29)13-10-17/h3-8,15,17,21,23H,9-14H2,1-2H3/t21-,23-/m0/s1. The first-order valence-corrected chi connectivity index (χ1v) is 13.0. The van der Waals surface area contributed by atoms with Gasteiger partial charge in [-0.3, -0.25) is 4.79 Å². The zero-order valence-corrected chi connectivity index (χ0v) is 20.4. The summed E-state index contributed by atoms with van der Waals surface area (Å²) in [4.78, 5) is 14.3.